The first-order valence-corrected chi connectivity index (χ1v) is 10.9. The minimum Gasteiger partial charge on any atom is -0.497 e. The van der Waals surface area contributed by atoms with E-state index >= 15 is 0 Å². The number of amides is 3. The number of ether oxygens (including phenoxy) is 1. The molecular weight excluding hydrogens is 432 g/mol. The van der Waals surface area contributed by atoms with E-state index in [1.54, 1.807) is 42.3 Å². The number of hydrogen-bond acceptors (Lipinski definition) is 5. The SMILES string of the molecule is COc1ccc([C@@H]2Nc3ccccc3C(=O)N2CCC(=O)Nc2ccc(NC(C)=O)cc2)cc1. The Morgan fingerprint density at radius 3 is 2.24 bits per heavy atom. The predicted octanol–water partition coefficient (Wildman–Crippen LogP) is 4.25. The maximum atomic E-state index is 13.3. The average Bonchev–Trinajstić information content (AvgIpc) is 2.84. The van der Waals surface area contributed by atoms with Gasteiger partial charge in [0.1, 0.15) is 11.9 Å². The van der Waals surface area contributed by atoms with E-state index in [-0.39, 0.29) is 30.7 Å². The zero-order chi connectivity index (χ0) is 24.1. The minimum absolute atomic E-state index is 0.121. The monoisotopic (exact) mass is 458 g/mol. The molecule has 0 fully saturated rings. The highest BCUT2D eigenvalue weighted by atomic mass is 16.5. The fraction of sp³-hybridized carbons (Fsp3) is 0.192. The molecule has 0 saturated carbocycles. The Bertz CT molecular complexity index is 1190. The van der Waals surface area contributed by atoms with Gasteiger partial charge in [-0.15, -0.1) is 0 Å². The smallest absolute Gasteiger partial charge is 0.257 e. The minimum atomic E-state index is -0.418. The second-order valence-corrected chi connectivity index (χ2v) is 7.92. The molecule has 0 aliphatic carbocycles. The van der Waals surface area contributed by atoms with Crippen LogP contribution in [0.5, 0.6) is 5.75 Å². The third kappa shape index (κ3) is 5.17. The molecule has 8 nitrogen and oxygen atoms in total. The van der Waals surface area contributed by atoms with Gasteiger partial charge in [0.25, 0.3) is 5.91 Å². The number of carbonyl (C=O) groups excluding carboxylic acids is 3. The molecule has 3 N–H and O–H groups in total. The van der Waals surface area contributed by atoms with Crippen molar-refractivity contribution in [3.05, 3.63) is 83.9 Å². The molecule has 1 aliphatic rings. The van der Waals surface area contributed by atoms with Gasteiger partial charge in [0.15, 0.2) is 0 Å². The van der Waals surface area contributed by atoms with Crippen LogP contribution >= 0.6 is 0 Å². The average molecular weight is 459 g/mol. The molecule has 1 atom stereocenters. The molecule has 0 bridgehead atoms. The Kier molecular flexibility index (Phi) is 6.77. The second kappa shape index (κ2) is 10.1. The van der Waals surface area contributed by atoms with Crippen LogP contribution in [-0.2, 0) is 9.59 Å². The lowest BCUT2D eigenvalue weighted by Crippen LogP contribution is -2.44. The maximum Gasteiger partial charge on any atom is 0.257 e. The van der Waals surface area contributed by atoms with Crippen LogP contribution in [-0.4, -0.2) is 36.3 Å². The van der Waals surface area contributed by atoms with Crippen molar-refractivity contribution >= 4 is 34.8 Å². The van der Waals surface area contributed by atoms with E-state index in [1.165, 1.54) is 6.92 Å². The Hall–Kier alpha value is -4.33. The van der Waals surface area contributed by atoms with E-state index in [4.69, 9.17) is 4.74 Å². The van der Waals surface area contributed by atoms with E-state index in [2.05, 4.69) is 16.0 Å². The van der Waals surface area contributed by atoms with E-state index in [0.29, 0.717) is 16.9 Å². The van der Waals surface area contributed by atoms with Crippen molar-refractivity contribution in [3.8, 4) is 5.75 Å². The predicted molar refractivity (Wildman–Crippen MR) is 131 cm³/mol. The fourth-order valence-electron chi connectivity index (χ4n) is 3.86. The summed E-state index contributed by atoms with van der Waals surface area (Å²) in [5, 5.41) is 8.95. The molecule has 0 spiro atoms. The van der Waals surface area contributed by atoms with Gasteiger partial charge >= 0.3 is 0 Å². The van der Waals surface area contributed by atoms with Gasteiger partial charge in [-0.1, -0.05) is 24.3 Å². The molecule has 3 aromatic rings. The maximum absolute atomic E-state index is 13.3. The quantitative estimate of drug-likeness (QED) is 0.492. The second-order valence-electron chi connectivity index (χ2n) is 7.92. The van der Waals surface area contributed by atoms with Gasteiger partial charge in [-0.25, -0.2) is 0 Å². The standard InChI is InChI=1S/C26H26N4O4/c1-17(31)27-19-9-11-20(12-10-19)28-24(32)15-16-30-25(18-7-13-21(34-2)14-8-18)29-23-6-4-3-5-22(23)26(30)33/h3-14,25,29H,15-16H2,1-2H3,(H,27,31)(H,28,32)/t25-/m1/s1. The van der Waals surface area contributed by atoms with E-state index in [0.717, 1.165) is 17.0 Å². The van der Waals surface area contributed by atoms with Crippen LogP contribution in [0, 0.1) is 0 Å². The van der Waals surface area contributed by atoms with E-state index in [9.17, 15) is 14.4 Å². The Labute approximate surface area is 197 Å². The molecule has 4 rings (SSSR count). The van der Waals surface area contributed by atoms with Crippen LogP contribution in [0.2, 0.25) is 0 Å². The summed E-state index contributed by atoms with van der Waals surface area (Å²) >= 11 is 0. The van der Waals surface area contributed by atoms with Gasteiger partial charge in [0.05, 0.1) is 12.7 Å². The van der Waals surface area contributed by atoms with Gasteiger partial charge < -0.3 is 25.6 Å². The number of benzene rings is 3. The van der Waals surface area contributed by atoms with Crippen molar-refractivity contribution in [2.75, 3.05) is 29.6 Å². The first kappa shape index (κ1) is 22.8. The molecule has 174 valence electrons. The van der Waals surface area contributed by atoms with Crippen molar-refractivity contribution in [3.63, 3.8) is 0 Å². The van der Waals surface area contributed by atoms with Crippen molar-refractivity contribution in [1.29, 1.82) is 0 Å². The number of para-hydroxylation sites is 1. The van der Waals surface area contributed by atoms with E-state index in [1.807, 2.05) is 42.5 Å². The van der Waals surface area contributed by atoms with Crippen molar-refractivity contribution in [2.24, 2.45) is 0 Å². The number of nitrogens with one attached hydrogen (secondary N) is 3. The summed E-state index contributed by atoms with van der Waals surface area (Å²) in [4.78, 5) is 38.8. The van der Waals surface area contributed by atoms with Gasteiger partial charge in [0, 0.05) is 37.0 Å². The molecule has 3 aromatic carbocycles. The molecule has 0 radical (unpaired) electrons. The molecule has 0 unspecified atom stereocenters. The Morgan fingerprint density at radius 2 is 1.59 bits per heavy atom. The summed E-state index contributed by atoms with van der Waals surface area (Å²) < 4.78 is 5.25. The molecule has 34 heavy (non-hydrogen) atoms. The topological polar surface area (TPSA) is 99.8 Å². The van der Waals surface area contributed by atoms with Crippen molar-refractivity contribution < 1.29 is 19.1 Å². The highest BCUT2D eigenvalue weighted by Crippen LogP contribution is 2.33. The zero-order valence-electron chi connectivity index (χ0n) is 19.0. The lowest BCUT2D eigenvalue weighted by molar-refractivity contribution is -0.116. The highest BCUT2D eigenvalue weighted by molar-refractivity contribution is 6.02. The van der Waals surface area contributed by atoms with Gasteiger partial charge in [-0.3, -0.25) is 14.4 Å². The largest absolute Gasteiger partial charge is 0.497 e. The van der Waals surface area contributed by atoms with Crippen LogP contribution in [0.15, 0.2) is 72.8 Å². The van der Waals surface area contributed by atoms with Crippen LogP contribution in [0.25, 0.3) is 0 Å². The summed E-state index contributed by atoms with van der Waals surface area (Å²) in [7, 11) is 1.60. The number of anilines is 3. The summed E-state index contributed by atoms with van der Waals surface area (Å²) in [6.45, 7) is 1.66. The molecular formula is C26H26N4O4. The van der Waals surface area contributed by atoms with Crippen LogP contribution in [0.3, 0.4) is 0 Å². The lowest BCUT2D eigenvalue weighted by Gasteiger charge is -2.38. The zero-order valence-corrected chi connectivity index (χ0v) is 19.0. The number of rotatable bonds is 7. The number of carbonyl (C=O) groups is 3. The molecule has 8 heteroatoms. The Balaban J connectivity index is 1.47. The van der Waals surface area contributed by atoms with Crippen molar-refractivity contribution in [2.45, 2.75) is 19.5 Å². The number of methoxy groups -OCH3 is 1. The molecule has 3 amide bonds. The first-order chi connectivity index (χ1) is 16.4. The molecule has 0 saturated heterocycles. The molecule has 1 aliphatic heterocycles. The van der Waals surface area contributed by atoms with Crippen LogP contribution < -0.4 is 20.7 Å². The Morgan fingerprint density at radius 1 is 0.941 bits per heavy atom. The van der Waals surface area contributed by atoms with Crippen LogP contribution in [0.4, 0.5) is 17.1 Å². The van der Waals surface area contributed by atoms with Gasteiger partial charge in [0.2, 0.25) is 11.8 Å². The number of nitrogens with zero attached hydrogens (tertiary/aromatic N) is 1. The summed E-state index contributed by atoms with van der Waals surface area (Å²) in [6.07, 6.45) is -0.298. The summed E-state index contributed by atoms with van der Waals surface area (Å²) in [6, 6.07) is 21.7. The number of hydrogen-bond donors (Lipinski definition) is 3. The summed E-state index contributed by atoms with van der Waals surface area (Å²) in [5.41, 5.74) is 3.47. The normalized spacial score (nSPS) is 14.6. The lowest BCUT2D eigenvalue weighted by atomic mass is 10.0. The third-order valence-electron chi connectivity index (χ3n) is 5.52. The third-order valence-corrected chi connectivity index (χ3v) is 5.52. The van der Waals surface area contributed by atoms with E-state index < -0.39 is 6.17 Å². The van der Waals surface area contributed by atoms with Gasteiger partial charge in [-0.2, -0.15) is 0 Å². The first-order valence-electron chi connectivity index (χ1n) is 10.9. The van der Waals surface area contributed by atoms with Crippen molar-refractivity contribution in [1.82, 2.24) is 4.90 Å². The van der Waals surface area contributed by atoms with Gasteiger partial charge in [-0.05, 0) is 54.1 Å². The molecule has 0 aromatic heterocycles. The highest BCUT2D eigenvalue weighted by Gasteiger charge is 2.32. The molecule has 1 heterocycles. The summed E-state index contributed by atoms with van der Waals surface area (Å²) in [5.74, 6) is 0.210. The fourth-order valence-corrected chi connectivity index (χ4v) is 3.86. The van der Waals surface area contributed by atoms with Crippen LogP contribution in [0.1, 0.15) is 35.4 Å². The number of fused-ring (bicyclic) bond motifs is 1.